The number of fused-ring (bicyclic) bond motifs is 5. The van der Waals surface area contributed by atoms with Gasteiger partial charge in [0.05, 0.1) is 0 Å². The van der Waals surface area contributed by atoms with E-state index in [9.17, 15) is 14.4 Å². The fraction of sp³-hybridized carbons (Fsp3) is 0.578. The first-order valence-electron chi connectivity index (χ1n) is 19.6. The minimum absolute atomic E-state index is 0.130. The maximum atomic E-state index is 13.1. The van der Waals surface area contributed by atoms with E-state index in [4.69, 9.17) is 14.2 Å². The molecule has 3 fully saturated rings. The van der Waals surface area contributed by atoms with Gasteiger partial charge in [-0.3, -0.25) is 4.79 Å². The first-order chi connectivity index (χ1) is 24.4. The SMILES string of the molecule is CC(=O)Oc1ccccc1C(=O)Oc1ccccc1/C=C\C(=O)OC1CCC2(C)C(=CCC3C2CCC2(C)C(C(C)CCCC(C)C)CCC32)C1. The van der Waals surface area contributed by atoms with Gasteiger partial charge in [0.25, 0.3) is 0 Å². The van der Waals surface area contributed by atoms with Crippen LogP contribution in [0.1, 0.15) is 128 Å². The van der Waals surface area contributed by atoms with Gasteiger partial charge >= 0.3 is 17.9 Å². The maximum Gasteiger partial charge on any atom is 0.347 e. The smallest absolute Gasteiger partial charge is 0.347 e. The van der Waals surface area contributed by atoms with E-state index in [1.807, 2.05) is 6.07 Å². The van der Waals surface area contributed by atoms with Crippen molar-refractivity contribution >= 4 is 24.0 Å². The quantitative estimate of drug-likeness (QED) is 0.101. The number of hydrogen-bond donors (Lipinski definition) is 0. The zero-order chi connectivity index (χ0) is 36.3. The molecule has 0 heterocycles. The highest BCUT2D eigenvalue weighted by Gasteiger charge is 2.59. The number of rotatable bonds is 11. The largest absolute Gasteiger partial charge is 0.459 e. The number of allylic oxidation sites excluding steroid dienone is 1. The Morgan fingerprint density at radius 3 is 2.37 bits per heavy atom. The van der Waals surface area contributed by atoms with Crippen LogP contribution in [0, 0.1) is 46.3 Å². The fourth-order valence-electron chi connectivity index (χ4n) is 10.9. The van der Waals surface area contributed by atoms with Gasteiger partial charge < -0.3 is 14.2 Å². The van der Waals surface area contributed by atoms with Crippen LogP contribution in [0.5, 0.6) is 11.5 Å². The van der Waals surface area contributed by atoms with Crippen LogP contribution >= 0.6 is 0 Å². The average molecular weight is 695 g/mol. The molecule has 3 saturated carbocycles. The second-order valence-electron chi connectivity index (χ2n) is 16.9. The molecule has 0 aromatic heterocycles. The molecule has 51 heavy (non-hydrogen) atoms. The molecular weight excluding hydrogens is 636 g/mol. The van der Waals surface area contributed by atoms with Crippen molar-refractivity contribution in [3.8, 4) is 11.5 Å². The Balaban J connectivity index is 1.06. The molecule has 0 N–H and O–H groups in total. The number of para-hydroxylation sites is 2. The van der Waals surface area contributed by atoms with Gasteiger partial charge in [-0.05, 0) is 116 Å². The van der Waals surface area contributed by atoms with Crippen molar-refractivity contribution in [2.45, 2.75) is 118 Å². The number of benzene rings is 2. The molecule has 6 rings (SSSR count). The average Bonchev–Trinajstić information content (AvgIpc) is 3.45. The molecule has 0 bridgehead atoms. The third-order valence-electron chi connectivity index (χ3n) is 13.4. The van der Waals surface area contributed by atoms with Crippen LogP contribution in [-0.4, -0.2) is 24.0 Å². The molecule has 4 aliphatic carbocycles. The van der Waals surface area contributed by atoms with Crippen molar-refractivity contribution in [1.29, 1.82) is 0 Å². The molecule has 6 heteroatoms. The summed E-state index contributed by atoms with van der Waals surface area (Å²) in [6, 6.07) is 13.4. The molecule has 2 aromatic rings. The summed E-state index contributed by atoms with van der Waals surface area (Å²) in [6.45, 7) is 13.7. The summed E-state index contributed by atoms with van der Waals surface area (Å²) in [4.78, 5) is 37.7. The molecule has 274 valence electrons. The highest BCUT2D eigenvalue weighted by atomic mass is 16.6. The van der Waals surface area contributed by atoms with Gasteiger partial charge in [-0.15, -0.1) is 0 Å². The van der Waals surface area contributed by atoms with Gasteiger partial charge in [-0.2, -0.15) is 0 Å². The molecule has 0 saturated heterocycles. The normalized spacial score (nSPS) is 30.5. The van der Waals surface area contributed by atoms with E-state index in [1.54, 1.807) is 48.5 Å². The van der Waals surface area contributed by atoms with Gasteiger partial charge in [0.1, 0.15) is 23.2 Å². The molecule has 2 aromatic carbocycles. The summed E-state index contributed by atoms with van der Waals surface area (Å²) >= 11 is 0. The molecule has 0 radical (unpaired) electrons. The lowest BCUT2D eigenvalue weighted by molar-refractivity contribution is -0.145. The molecule has 8 atom stereocenters. The predicted molar refractivity (Wildman–Crippen MR) is 201 cm³/mol. The van der Waals surface area contributed by atoms with Crippen LogP contribution in [0.25, 0.3) is 6.08 Å². The summed E-state index contributed by atoms with van der Waals surface area (Å²) in [5, 5.41) is 0. The Bertz CT molecular complexity index is 1650. The Labute approximate surface area is 305 Å². The second-order valence-corrected chi connectivity index (χ2v) is 16.9. The van der Waals surface area contributed by atoms with Crippen LogP contribution in [0.3, 0.4) is 0 Å². The Morgan fingerprint density at radius 2 is 1.61 bits per heavy atom. The first-order valence-corrected chi connectivity index (χ1v) is 19.6. The predicted octanol–water partition coefficient (Wildman–Crippen LogP) is 10.8. The fourth-order valence-corrected chi connectivity index (χ4v) is 10.9. The molecule has 0 aliphatic heterocycles. The lowest BCUT2D eigenvalue weighted by Crippen LogP contribution is -2.51. The van der Waals surface area contributed by atoms with E-state index < -0.39 is 17.9 Å². The van der Waals surface area contributed by atoms with Gasteiger partial charge in [-0.1, -0.05) is 95.9 Å². The summed E-state index contributed by atoms with van der Waals surface area (Å²) in [6.07, 6.45) is 19.0. The Hall–Kier alpha value is -3.67. The van der Waals surface area contributed by atoms with E-state index in [0.29, 0.717) is 11.0 Å². The highest BCUT2D eigenvalue weighted by Crippen LogP contribution is 2.67. The van der Waals surface area contributed by atoms with Crippen LogP contribution in [0.2, 0.25) is 0 Å². The molecule has 0 amide bonds. The van der Waals surface area contributed by atoms with Gasteiger partial charge in [0.15, 0.2) is 0 Å². The monoisotopic (exact) mass is 694 g/mol. The molecular formula is C45H58O6. The van der Waals surface area contributed by atoms with Crippen molar-refractivity contribution in [2.24, 2.45) is 46.3 Å². The molecule has 8 unspecified atom stereocenters. The Kier molecular flexibility index (Phi) is 11.3. The summed E-state index contributed by atoms with van der Waals surface area (Å²) in [5.41, 5.74) is 2.87. The topological polar surface area (TPSA) is 78.9 Å². The number of carbonyl (C=O) groups excluding carboxylic acids is 3. The first kappa shape index (κ1) is 37.1. The number of esters is 3. The standard InChI is InChI=1S/C45H58O6/c1-29(2)12-11-13-30(3)37-21-22-38-35-20-19-33-28-34(24-26-44(33,5)39(35)25-27-45(37,38)6)50-42(47)23-18-32-14-7-9-16-40(32)51-43(48)36-15-8-10-17-41(36)49-31(4)46/h7-10,14-19,23,29-30,34-35,37-39H,11-13,20-22,24-28H2,1-6H3/b23-18-. The summed E-state index contributed by atoms with van der Waals surface area (Å²) in [5.74, 6) is 3.64. The van der Waals surface area contributed by atoms with Gasteiger partial charge in [0.2, 0.25) is 0 Å². The van der Waals surface area contributed by atoms with E-state index in [0.717, 1.165) is 54.8 Å². The third-order valence-corrected chi connectivity index (χ3v) is 13.4. The van der Waals surface area contributed by atoms with Gasteiger partial charge in [0, 0.05) is 25.0 Å². The summed E-state index contributed by atoms with van der Waals surface area (Å²) in [7, 11) is 0. The van der Waals surface area contributed by atoms with Crippen LogP contribution in [0.4, 0.5) is 0 Å². The zero-order valence-corrected chi connectivity index (χ0v) is 31.6. The van der Waals surface area contributed by atoms with Crippen molar-refractivity contribution < 1.29 is 28.6 Å². The third kappa shape index (κ3) is 7.90. The lowest BCUT2D eigenvalue weighted by Gasteiger charge is -2.58. The number of hydrogen-bond acceptors (Lipinski definition) is 6. The second kappa shape index (κ2) is 15.5. The van der Waals surface area contributed by atoms with Gasteiger partial charge in [-0.25, -0.2) is 9.59 Å². The van der Waals surface area contributed by atoms with Crippen molar-refractivity contribution in [2.75, 3.05) is 0 Å². The summed E-state index contributed by atoms with van der Waals surface area (Å²) < 4.78 is 16.9. The minimum Gasteiger partial charge on any atom is -0.459 e. The molecule has 6 nitrogen and oxygen atoms in total. The van der Waals surface area contributed by atoms with E-state index in [1.165, 1.54) is 69.9 Å². The minimum atomic E-state index is -0.662. The van der Waals surface area contributed by atoms with Crippen molar-refractivity contribution in [1.82, 2.24) is 0 Å². The number of carbonyl (C=O) groups is 3. The van der Waals surface area contributed by atoms with Crippen molar-refractivity contribution in [3.05, 3.63) is 77.4 Å². The van der Waals surface area contributed by atoms with E-state index in [-0.39, 0.29) is 28.6 Å². The number of ether oxygens (including phenoxy) is 3. The van der Waals surface area contributed by atoms with E-state index in [2.05, 4.69) is 40.7 Å². The maximum absolute atomic E-state index is 13.1. The molecule has 4 aliphatic rings. The Morgan fingerprint density at radius 1 is 0.863 bits per heavy atom. The lowest BCUT2D eigenvalue weighted by atomic mass is 9.47. The van der Waals surface area contributed by atoms with Crippen LogP contribution < -0.4 is 9.47 Å². The highest BCUT2D eigenvalue weighted by molar-refractivity contribution is 5.95. The van der Waals surface area contributed by atoms with Crippen LogP contribution in [0.15, 0.2) is 66.3 Å². The van der Waals surface area contributed by atoms with E-state index >= 15 is 0 Å². The molecule has 0 spiro atoms. The van der Waals surface area contributed by atoms with Crippen LogP contribution in [-0.2, 0) is 14.3 Å². The van der Waals surface area contributed by atoms with Crippen molar-refractivity contribution in [3.63, 3.8) is 0 Å². The zero-order valence-electron chi connectivity index (χ0n) is 31.6.